The van der Waals surface area contributed by atoms with Crippen molar-refractivity contribution in [3.63, 3.8) is 0 Å². The third-order valence-corrected chi connectivity index (χ3v) is 10.1. The van der Waals surface area contributed by atoms with Crippen molar-refractivity contribution < 1.29 is 12.8 Å². The Labute approximate surface area is 226 Å². The standard InChI is InChI=1S/C33H35NO3S/c1-3-4-19-29-27-22-23(2)30-26-17-11-12-18-28(26)34(20-21-38(35,36)25-15-9-6-10-16-25)32(30)31(27)33(37-29)24-13-7-5-8-14-24/h5-18,23,30,32H,3-4,19-22H2,1-2H3/t23?,30-,32+/m1/s1. The number of benzene rings is 3. The van der Waals surface area contributed by atoms with Gasteiger partial charge < -0.3 is 9.32 Å². The number of sulfone groups is 1. The molecule has 4 aromatic rings. The van der Waals surface area contributed by atoms with Gasteiger partial charge in [-0.15, -0.1) is 0 Å². The average molecular weight is 526 g/mol. The van der Waals surface area contributed by atoms with Gasteiger partial charge in [0, 0.05) is 35.7 Å². The van der Waals surface area contributed by atoms with Crippen LogP contribution in [0.2, 0.25) is 0 Å². The van der Waals surface area contributed by atoms with E-state index in [1.165, 1.54) is 16.7 Å². The lowest BCUT2D eigenvalue weighted by atomic mass is 9.71. The first kappa shape index (κ1) is 25.0. The highest BCUT2D eigenvalue weighted by molar-refractivity contribution is 7.91. The molecule has 6 rings (SSSR count). The van der Waals surface area contributed by atoms with Gasteiger partial charge in [0.15, 0.2) is 9.84 Å². The highest BCUT2D eigenvalue weighted by atomic mass is 32.2. The van der Waals surface area contributed by atoms with Gasteiger partial charge in [-0.2, -0.15) is 0 Å². The van der Waals surface area contributed by atoms with Crippen LogP contribution in [0, 0.1) is 5.92 Å². The molecule has 0 fully saturated rings. The van der Waals surface area contributed by atoms with Crippen molar-refractivity contribution in [2.24, 2.45) is 5.92 Å². The molecule has 0 amide bonds. The summed E-state index contributed by atoms with van der Waals surface area (Å²) in [6.45, 7) is 5.00. The van der Waals surface area contributed by atoms with Crippen molar-refractivity contribution in [2.45, 2.75) is 56.4 Å². The summed E-state index contributed by atoms with van der Waals surface area (Å²) in [4.78, 5) is 2.75. The number of unbranched alkanes of at least 4 members (excludes halogenated alkanes) is 1. The molecular weight excluding hydrogens is 490 g/mol. The van der Waals surface area contributed by atoms with Crippen molar-refractivity contribution in [1.29, 1.82) is 0 Å². The molecule has 3 atom stereocenters. The third kappa shape index (κ3) is 4.27. The molecule has 0 radical (unpaired) electrons. The molecule has 0 N–H and O–H groups in total. The maximum absolute atomic E-state index is 13.3. The van der Waals surface area contributed by atoms with E-state index in [4.69, 9.17) is 4.42 Å². The van der Waals surface area contributed by atoms with Gasteiger partial charge >= 0.3 is 0 Å². The van der Waals surface area contributed by atoms with Crippen LogP contribution < -0.4 is 4.90 Å². The number of hydrogen-bond donors (Lipinski definition) is 0. The summed E-state index contributed by atoms with van der Waals surface area (Å²) >= 11 is 0. The Kier molecular flexibility index (Phi) is 6.65. The Bertz CT molecular complexity index is 1530. The molecule has 1 unspecified atom stereocenters. The molecule has 1 aromatic heterocycles. The fourth-order valence-corrected chi connectivity index (χ4v) is 7.82. The number of para-hydroxylation sites is 1. The molecule has 1 aliphatic carbocycles. The van der Waals surface area contributed by atoms with Gasteiger partial charge in [-0.25, -0.2) is 8.42 Å². The molecule has 2 heterocycles. The summed E-state index contributed by atoms with van der Waals surface area (Å²) in [5.74, 6) is 2.85. The fraction of sp³-hybridized carbons (Fsp3) is 0.333. The van der Waals surface area contributed by atoms with Gasteiger partial charge in [-0.05, 0) is 48.1 Å². The minimum absolute atomic E-state index is 0.0476. The van der Waals surface area contributed by atoms with Crippen molar-refractivity contribution >= 4 is 15.5 Å². The zero-order valence-electron chi connectivity index (χ0n) is 22.1. The first-order valence-electron chi connectivity index (χ1n) is 13.8. The van der Waals surface area contributed by atoms with Gasteiger partial charge in [0.2, 0.25) is 0 Å². The van der Waals surface area contributed by atoms with Crippen LogP contribution in [0.3, 0.4) is 0 Å². The summed E-state index contributed by atoms with van der Waals surface area (Å²) in [6.07, 6.45) is 4.13. The zero-order chi connectivity index (χ0) is 26.3. The lowest BCUT2D eigenvalue weighted by molar-refractivity contribution is 0.377. The van der Waals surface area contributed by atoms with Crippen molar-refractivity contribution in [2.75, 3.05) is 17.2 Å². The minimum atomic E-state index is -3.41. The van der Waals surface area contributed by atoms with Gasteiger partial charge in [-0.3, -0.25) is 0 Å². The van der Waals surface area contributed by atoms with Crippen LogP contribution in [0.4, 0.5) is 5.69 Å². The van der Waals surface area contributed by atoms with E-state index in [1.807, 2.05) is 12.1 Å². The highest BCUT2D eigenvalue weighted by Gasteiger charge is 2.48. The van der Waals surface area contributed by atoms with E-state index < -0.39 is 9.84 Å². The molecule has 196 valence electrons. The Morgan fingerprint density at radius 1 is 0.921 bits per heavy atom. The Morgan fingerprint density at radius 3 is 2.34 bits per heavy atom. The Balaban J connectivity index is 1.47. The van der Waals surface area contributed by atoms with Crippen LogP contribution >= 0.6 is 0 Å². The van der Waals surface area contributed by atoms with Crippen LogP contribution in [0.1, 0.15) is 61.1 Å². The number of aryl methyl sites for hydroxylation is 1. The molecule has 38 heavy (non-hydrogen) atoms. The topological polar surface area (TPSA) is 50.5 Å². The van der Waals surface area contributed by atoms with Crippen LogP contribution in [-0.4, -0.2) is 20.7 Å². The lowest BCUT2D eigenvalue weighted by Crippen LogP contribution is -2.36. The van der Waals surface area contributed by atoms with Crippen LogP contribution in [-0.2, 0) is 22.7 Å². The predicted molar refractivity (Wildman–Crippen MR) is 153 cm³/mol. The summed E-state index contributed by atoms with van der Waals surface area (Å²) in [6, 6.07) is 27.9. The van der Waals surface area contributed by atoms with Crippen molar-refractivity contribution in [3.8, 4) is 11.3 Å². The number of hydrogen-bond acceptors (Lipinski definition) is 4. The molecule has 1 aliphatic heterocycles. The first-order chi connectivity index (χ1) is 18.5. The van der Waals surface area contributed by atoms with Crippen LogP contribution in [0.25, 0.3) is 11.3 Å². The van der Waals surface area contributed by atoms with Gasteiger partial charge in [0.1, 0.15) is 11.5 Å². The molecular formula is C33H35NO3S. The monoisotopic (exact) mass is 525 g/mol. The smallest absolute Gasteiger partial charge is 0.180 e. The van der Waals surface area contributed by atoms with E-state index in [2.05, 4.69) is 67.3 Å². The normalized spacial score (nSPS) is 20.2. The maximum atomic E-state index is 13.3. The molecule has 4 nitrogen and oxygen atoms in total. The third-order valence-electron chi connectivity index (χ3n) is 8.34. The zero-order valence-corrected chi connectivity index (χ0v) is 23.0. The largest absolute Gasteiger partial charge is 0.460 e. The minimum Gasteiger partial charge on any atom is -0.460 e. The second kappa shape index (κ2) is 10.1. The van der Waals surface area contributed by atoms with E-state index in [-0.39, 0.29) is 17.7 Å². The number of fused-ring (bicyclic) bond motifs is 5. The first-order valence-corrected chi connectivity index (χ1v) is 15.5. The van der Waals surface area contributed by atoms with Gasteiger partial charge in [0.25, 0.3) is 0 Å². The molecule has 2 aliphatic rings. The number of rotatable bonds is 8. The SMILES string of the molecule is CCCCc1oc(-c2ccccc2)c2c1CC(C)[C@@H]1c3ccccc3N(CCS(=O)(=O)c3ccccc3)[C@H]21. The number of nitrogens with zero attached hydrogens (tertiary/aromatic N) is 1. The molecule has 3 aromatic carbocycles. The molecule has 0 saturated heterocycles. The quantitative estimate of drug-likeness (QED) is 0.238. The summed E-state index contributed by atoms with van der Waals surface area (Å²) in [7, 11) is -3.41. The van der Waals surface area contributed by atoms with Crippen LogP contribution in [0.15, 0.2) is 94.2 Å². The second-order valence-electron chi connectivity index (χ2n) is 10.8. The number of furan rings is 1. The highest BCUT2D eigenvalue weighted by Crippen LogP contribution is 2.59. The van der Waals surface area contributed by atoms with Crippen LogP contribution in [0.5, 0.6) is 0 Å². The van der Waals surface area contributed by atoms with E-state index in [9.17, 15) is 8.42 Å². The number of anilines is 1. The average Bonchev–Trinajstić information content (AvgIpc) is 3.47. The van der Waals surface area contributed by atoms with E-state index in [1.54, 1.807) is 24.3 Å². The van der Waals surface area contributed by atoms with Crippen molar-refractivity contribution in [3.05, 3.63) is 107 Å². The molecule has 0 saturated carbocycles. The van der Waals surface area contributed by atoms with Gasteiger partial charge in [0.05, 0.1) is 16.7 Å². The molecule has 0 spiro atoms. The van der Waals surface area contributed by atoms with E-state index >= 15 is 0 Å². The Hall–Kier alpha value is -3.31. The summed E-state index contributed by atoms with van der Waals surface area (Å²) in [5.41, 5.74) is 6.17. The van der Waals surface area contributed by atoms with Gasteiger partial charge in [-0.1, -0.05) is 87.0 Å². The van der Waals surface area contributed by atoms with E-state index in [0.717, 1.165) is 48.5 Å². The maximum Gasteiger partial charge on any atom is 0.180 e. The molecule has 5 heteroatoms. The molecule has 0 bridgehead atoms. The summed E-state index contributed by atoms with van der Waals surface area (Å²) < 4.78 is 33.4. The Morgan fingerprint density at radius 2 is 1.61 bits per heavy atom. The summed E-state index contributed by atoms with van der Waals surface area (Å²) in [5, 5.41) is 0. The predicted octanol–water partition coefficient (Wildman–Crippen LogP) is 7.60. The fourth-order valence-electron chi connectivity index (χ4n) is 6.58. The van der Waals surface area contributed by atoms with Crippen molar-refractivity contribution in [1.82, 2.24) is 0 Å². The van der Waals surface area contributed by atoms with E-state index in [0.29, 0.717) is 17.4 Å². The lowest BCUT2D eigenvalue weighted by Gasteiger charge is -2.37. The second-order valence-corrected chi connectivity index (χ2v) is 12.9.